The van der Waals surface area contributed by atoms with E-state index in [9.17, 15) is 4.79 Å². The van der Waals surface area contributed by atoms with Crippen molar-refractivity contribution in [2.24, 2.45) is 5.41 Å². The first kappa shape index (κ1) is 12.3. The average molecular weight is 257 g/mol. The summed E-state index contributed by atoms with van der Waals surface area (Å²) in [7, 11) is 0. The van der Waals surface area contributed by atoms with Crippen LogP contribution < -0.4 is 5.32 Å². The molecular formula is C16H19NO2. The fourth-order valence-electron chi connectivity index (χ4n) is 2.42. The quantitative estimate of drug-likeness (QED) is 0.895. The lowest BCUT2D eigenvalue weighted by Gasteiger charge is -2.17. The van der Waals surface area contributed by atoms with E-state index >= 15 is 0 Å². The zero-order valence-corrected chi connectivity index (χ0v) is 11.6. The molecule has 0 bridgehead atoms. The van der Waals surface area contributed by atoms with Gasteiger partial charge in [0.25, 0.3) is 0 Å². The molecule has 0 spiro atoms. The van der Waals surface area contributed by atoms with Gasteiger partial charge in [-0.25, -0.2) is 0 Å². The molecule has 2 aromatic rings. The second-order valence-corrected chi connectivity index (χ2v) is 6.35. The highest BCUT2D eigenvalue weighted by atomic mass is 16.3. The highest BCUT2D eigenvalue weighted by Gasteiger charge is 2.41. The van der Waals surface area contributed by atoms with Gasteiger partial charge in [-0.05, 0) is 24.1 Å². The summed E-state index contributed by atoms with van der Waals surface area (Å²) in [5, 5.41) is 4.30. The van der Waals surface area contributed by atoms with E-state index in [2.05, 4.69) is 11.4 Å². The van der Waals surface area contributed by atoms with E-state index in [1.807, 2.05) is 39.0 Å². The number of hydrogen-bond acceptors (Lipinski definition) is 2. The van der Waals surface area contributed by atoms with Crippen LogP contribution in [0.25, 0.3) is 11.0 Å². The van der Waals surface area contributed by atoms with Gasteiger partial charge in [0.1, 0.15) is 5.58 Å². The molecule has 1 aromatic carbocycles. The molecule has 100 valence electrons. The number of amides is 1. The van der Waals surface area contributed by atoms with Crippen LogP contribution in [0.1, 0.15) is 38.7 Å². The highest BCUT2D eigenvalue weighted by molar-refractivity contribution is 5.84. The second-order valence-electron chi connectivity index (χ2n) is 6.35. The standard InChI is InChI=1S/C16H19NO2/c1-16(2,3)15(18)17-13-9-12(13)10-5-4-6-14-11(10)7-8-19-14/h4-8,12-13H,9H2,1-3H3,(H,17,18). The Hall–Kier alpha value is -1.77. The summed E-state index contributed by atoms with van der Waals surface area (Å²) in [6, 6.07) is 8.40. The number of carbonyl (C=O) groups excluding carboxylic acids is 1. The van der Waals surface area contributed by atoms with Crippen molar-refractivity contribution >= 4 is 16.9 Å². The molecule has 19 heavy (non-hydrogen) atoms. The summed E-state index contributed by atoms with van der Waals surface area (Å²) in [5.74, 6) is 0.548. The SMILES string of the molecule is CC(C)(C)C(=O)NC1CC1c1cccc2occc12. The van der Waals surface area contributed by atoms with E-state index in [1.165, 1.54) is 10.9 Å². The first-order valence-corrected chi connectivity index (χ1v) is 6.74. The van der Waals surface area contributed by atoms with Crippen LogP contribution in [0.4, 0.5) is 0 Å². The predicted molar refractivity (Wildman–Crippen MR) is 75.0 cm³/mol. The molecule has 0 saturated heterocycles. The Morgan fingerprint density at radius 1 is 1.32 bits per heavy atom. The van der Waals surface area contributed by atoms with E-state index in [-0.39, 0.29) is 17.4 Å². The minimum atomic E-state index is -0.325. The van der Waals surface area contributed by atoms with Crippen molar-refractivity contribution in [2.45, 2.75) is 39.2 Å². The predicted octanol–water partition coefficient (Wildman–Crippen LogP) is 3.45. The Labute approximate surface area is 113 Å². The van der Waals surface area contributed by atoms with Gasteiger partial charge in [-0.2, -0.15) is 0 Å². The van der Waals surface area contributed by atoms with Crippen LogP contribution in [0, 0.1) is 5.41 Å². The summed E-state index contributed by atoms with van der Waals surface area (Å²) < 4.78 is 5.42. The van der Waals surface area contributed by atoms with Gasteiger partial charge in [0, 0.05) is 22.8 Å². The smallest absolute Gasteiger partial charge is 0.225 e. The number of nitrogens with one attached hydrogen (secondary N) is 1. The Balaban J connectivity index is 1.77. The largest absolute Gasteiger partial charge is 0.464 e. The lowest BCUT2D eigenvalue weighted by Crippen LogP contribution is -2.36. The van der Waals surface area contributed by atoms with Crippen LogP contribution in [0.5, 0.6) is 0 Å². The highest BCUT2D eigenvalue weighted by Crippen LogP contribution is 2.44. The second kappa shape index (κ2) is 4.12. The lowest BCUT2D eigenvalue weighted by molar-refractivity contribution is -0.128. The Bertz CT molecular complexity index is 621. The fraction of sp³-hybridized carbons (Fsp3) is 0.438. The number of hydrogen-bond donors (Lipinski definition) is 1. The Morgan fingerprint density at radius 2 is 2.11 bits per heavy atom. The van der Waals surface area contributed by atoms with E-state index in [1.54, 1.807) is 6.26 Å². The number of carbonyl (C=O) groups is 1. The minimum Gasteiger partial charge on any atom is -0.464 e. The maximum absolute atomic E-state index is 12.0. The topological polar surface area (TPSA) is 42.2 Å². The van der Waals surface area contributed by atoms with E-state index < -0.39 is 0 Å². The van der Waals surface area contributed by atoms with Gasteiger partial charge in [0.05, 0.1) is 6.26 Å². The third kappa shape index (κ3) is 2.25. The fourth-order valence-corrected chi connectivity index (χ4v) is 2.42. The van der Waals surface area contributed by atoms with Gasteiger partial charge in [0.15, 0.2) is 0 Å². The number of furan rings is 1. The average Bonchev–Trinajstić information content (AvgIpc) is 2.92. The van der Waals surface area contributed by atoms with Gasteiger partial charge in [-0.3, -0.25) is 4.79 Å². The molecule has 1 heterocycles. The summed E-state index contributed by atoms with van der Waals surface area (Å²) in [6.45, 7) is 5.82. The maximum atomic E-state index is 12.0. The zero-order valence-electron chi connectivity index (χ0n) is 11.6. The molecule has 1 fully saturated rings. The first-order chi connectivity index (χ1) is 8.97. The lowest BCUT2D eigenvalue weighted by atomic mass is 9.95. The Kier molecular flexibility index (Phi) is 2.66. The number of rotatable bonds is 2. The molecule has 0 aliphatic heterocycles. The molecular weight excluding hydrogens is 238 g/mol. The molecule has 1 saturated carbocycles. The van der Waals surface area contributed by atoms with Gasteiger partial charge < -0.3 is 9.73 Å². The molecule has 1 amide bonds. The van der Waals surface area contributed by atoms with Gasteiger partial charge in [-0.1, -0.05) is 32.9 Å². The van der Waals surface area contributed by atoms with Crippen molar-refractivity contribution in [3.63, 3.8) is 0 Å². The van der Waals surface area contributed by atoms with Crippen molar-refractivity contribution in [3.8, 4) is 0 Å². The van der Waals surface area contributed by atoms with Crippen molar-refractivity contribution in [1.29, 1.82) is 0 Å². The zero-order chi connectivity index (χ0) is 13.6. The van der Waals surface area contributed by atoms with Crippen LogP contribution in [0.15, 0.2) is 34.9 Å². The molecule has 3 nitrogen and oxygen atoms in total. The maximum Gasteiger partial charge on any atom is 0.225 e. The number of benzene rings is 1. The summed E-state index contributed by atoms with van der Waals surface area (Å²) >= 11 is 0. The van der Waals surface area contributed by atoms with Gasteiger partial charge >= 0.3 is 0 Å². The molecule has 1 N–H and O–H groups in total. The molecule has 2 atom stereocenters. The van der Waals surface area contributed by atoms with Gasteiger partial charge in [-0.15, -0.1) is 0 Å². The van der Waals surface area contributed by atoms with Crippen LogP contribution >= 0.6 is 0 Å². The normalized spacial score (nSPS) is 22.5. The monoisotopic (exact) mass is 257 g/mol. The number of fused-ring (bicyclic) bond motifs is 1. The molecule has 2 unspecified atom stereocenters. The summed E-state index contributed by atoms with van der Waals surface area (Å²) in [5.41, 5.74) is 1.88. The van der Waals surface area contributed by atoms with Crippen molar-refractivity contribution in [1.82, 2.24) is 5.32 Å². The van der Waals surface area contributed by atoms with Crippen LogP contribution in [-0.2, 0) is 4.79 Å². The van der Waals surface area contributed by atoms with Crippen LogP contribution in [0.3, 0.4) is 0 Å². The molecule has 1 aliphatic carbocycles. The molecule has 1 aliphatic rings. The third-order valence-corrected chi connectivity index (χ3v) is 3.72. The van der Waals surface area contributed by atoms with E-state index in [0.29, 0.717) is 5.92 Å². The van der Waals surface area contributed by atoms with E-state index in [4.69, 9.17) is 4.42 Å². The minimum absolute atomic E-state index is 0.124. The third-order valence-electron chi connectivity index (χ3n) is 3.72. The molecule has 3 heteroatoms. The van der Waals surface area contributed by atoms with Crippen LogP contribution in [-0.4, -0.2) is 11.9 Å². The molecule has 3 rings (SSSR count). The van der Waals surface area contributed by atoms with Crippen molar-refractivity contribution < 1.29 is 9.21 Å². The summed E-state index contributed by atoms with van der Waals surface area (Å²) in [6.07, 6.45) is 2.74. The van der Waals surface area contributed by atoms with Crippen molar-refractivity contribution in [3.05, 3.63) is 36.1 Å². The van der Waals surface area contributed by atoms with E-state index in [0.717, 1.165) is 12.0 Å². The van der Waals surface area contributed by atoms with Crippen molar-refractivity contribution in [2.75, 3.05) is 0 Å². The summed E-state index contributed by atoms with van der Waals surface area (Å²) in [4.78, 5) is 12.0. The molecule has 1 aromatic heterocycles. The molecule has 0 radical (unpaired) electrons. The van der Waals surface area contributed by atoms with Gasteiger partial charge in [0.2, 0.25) is 5.91 Å². The first-order valence-electron chi connectivity index (χ1n) is 6.74. The van der Waals surface area contributed by atoms with Crippen LogP contribution in [0.2, 0.25) is 0 Å². The Morgan fingerprint density at radius 3 is 2.84 bits per heavy atom.